The number of benzene rings is 1. The number of carboxylic acid groups (broad SMARTS) is 1. The third kappa shape index (κ3) is 4.42. The van der Waals surface area contributed by atoms with Crippen LogP contribution in [0, 0.1) is 19.8 Å². The van der Waals surface area contributed by atoms with Crippen molar-refractivity contribution in [2.45, 2.75) is 27.2 Å². The van der Waals surface area contributed by atoms with Gasteiger partial charge in [-0.2, -0.15) is 5.10 Å². The maximum Gasteiger partial charge on any atom is 0.303 e. The molecule has 23 heavy (non-hydrogen) atoms. The molecule has 0 saturated heterocycles. The quantitative estimate of drug-likeness (QED) is 0.857. The van der Waals surface area contributed by atoms with Gasteiger partial charge in [0.15, 0.2) is 0 Å². The predicted molar refractivity (Wildman–Crippen MR) is 86.8 cm³/mol. The third-order valence-electron chi connectivity index (χ3n) is 3.52. The molecule has 1 amide bonds. The number of carbonyl (C=O) groups excluding carboxylic acids is 1. The van der Waals surface area contributed by atoms with Crippen molar-refractivity contribution in [1.82, 2.24) is 15.1 Å². The van der Waals surface area contributed by atoms with Crippen molar-refractivity contribution in [3.63, 3.8) is 0 Å². The minimum Gasteiger partial charge on any atom is -0.481 e. The molecule has 122 valence electrons. The molecule has 2 N–H and O–H groups in total. The molecule has 1 aromatic heterocycles. The maximum atomic E-state index is 12.1. The van der Waals surface area contributed by atoms with Crippen LogP contribution in [0.15, 0.2) is 30.3 Å². The van der Waals surface area contributed by atoms with Crippen LogP contribution in [-0.2, 0) is 4.79 Å². The number of rotatable bonds is 6. The second-order valence-electron chi connectivity index (χ2n) is 5.80. The van der Waals surface area contributed by atoms with Gasteiger partial charge in [-0.3, -0.25) is 9.59 Å². The molecule has 0 fully saturated rings. The van der Waals surface area contributed by atoms with Gasteiger partial charge in [-0.25, -0.2) is 4.68 Å². The lowest BCUT2D eigenvalue weighted by molar-refractivity contribution is -0.137. The fourth-order valence-electron chi connectivity index (χ4n) is 2.38. The Kier molecular flexibility index (Phi) is 5.16. The molecule has 0 saturated carbocycles. The van der Waals surface area contributed by atoms with Crippen LogP contribution in [0.2, 0.25) is 0 Å². The highest BCUT2D eigenvalue weighted by atomic mass is 16.4. The normalized spacial score (nSPS) is 12.0. The standard InChI is InChI=1S/C17H21N3O3/c1-11(8-16(21)22)10-18-17(23)14-4-6-15(7-5-14)20-13(3)9-12(2)19-20/h4-7,9,11H,8,10H2,1-3H3,(H,18,23)(H,21,22). The van der Waals surface area contributed by atoms with Crippen LogP contribution in [0.3, 0.4) is 0 Å². The smallest absolute Gasteiger partial charge is 0.303 e. The number of amides is 1. The highest BCUT2D eigenvalue weighted by Gasteiger charge is 2.11. The van der Waals surface area contributed by atoms with Crippen molar-refractivity contribution in [3.05, 3.63) is 47.3 Å². The van der Waals surface area contributed by atoms with Crippen LogP contribution >= 0.6 is 0 Å². The van der Waals surface area contributed by atoms with E-state index in [9.17, 15) is 9.59 Å². The summed E-state index contributed by atoms with van der Waals surface area (Å²) in [6, 6.07) is 9.15. The van der Waals surface area contributed by atoms with Crippen molar-refractivity contribution in [2.75, 3.05) is 6.54 Å². The van der Waals surface area contributed by atoms with E-state index in [4.69, 9.17) is 5.11 Å². The molecule has 0 radical (unpaired) electrons. The van der Waals surface area contributed by atoms with Gasteiger partial charge in [-0.1, -0.05) is 6.92 Å². The Morgan fingerprint density at radius 1 is 1.26 bits per heavy atom. The van der Waals surface area contributed by atoms with E-state index >= 15 is 0 Å². The molecule has 0 spiro atoms. The van der Waals surface area contributed by atoms with Crippen molar-refractivity contribution in [2.24, 2.45) is 5.92 Å². The number of aryl methyl sites for hydroxylation is 2. The molecular weight excluding hydrogens is 294 g/mol. The Hall–Kier alpha value is -2.63. The van der Waals surface area contributed by atoms with E-state index in [0.29, 0.717) is 12.1 Å². The lowest BCUT2D eigenvalue weighted by Crippen LogP contribution is -2.29. The molecule has 2 aromatic rings. The molecule has 6 nitrogen and oxygen atoms in total. The molecular formula is C17H21N3O3. The first-order valence-corrected chi connectivity index (χ1v) is 7.50. The number of carbonyl (C=O) groups is 2. The number of aromatic nitrogens is 2. The van der Waals surface area contributed by atoms with Gasteiger partial charge in [0.25, 0.3) is 5.91 Å². The van der Waals surface area contributed by atoms with Gasteiger partial charge in [0.05, 0.1) is 11.4 Å². The average molecular weight is 315 g/mol. The molecule has 6 heteroatoms. The summed E-state index contributed by atoms with van der Waals surface area (Å²) in [6.07, 6.45) is 0.0388. The van der Waals surface area contributed by atoms with Crippen molar-refractivity contribution >= 4 is 11.9 Å². The topological polar surface area (TPSA) is 84.2 Å². The van der Waals surface area contributed by atoms with Gasteiger partial charge in [0.2, 0.25) is 0 Å². The molecule has 0 bridgehead atoms. The average Bonchev–Trinajstić information content (AvgIpc) is 2.83. The number of aliphatic carboxylic acids is 1. The van der Waals surface area contributed by atoms with E-state index in [1.165, 1.54) is 0 Å². The van der Waals surface area contributed by atoms with E-state index in [1.54, 1.807) is 19.1 Å². The SMILES string of the molecule is Cc1cc(C)n(-c2ccc(C(=O)NCC(C)CC(=O)O)cc2)n1. The van der Waals surface area contributed by atoms with Crippen LogP contribution in [0.5, 0.6) is 0 Å². The van der Waals surface area contributed by atoms with Crippen LogP contribution < -0.4 is 5.32 Å². The summed E-state index contributed by atoms with van der Waals surface area (Å²) in [5.41, 5.74) is 3.41. The first-order chi connectivity index (χ1) is 10.9. The summed E-state index contributed by atoms with van der Waals surface area (Å²) >= 11 is 0. The van der Waals surface area contributed by atoms with Crippen molar-refractivity contribution in [3.8, 4) is 5.69 Å². The molecule has 0 aliphatic carbocycles. The largest absolute Gasteiger partial charge is 0.481 e. The molecule has 1 unspecified atom stereocenters. The third-order valence-corrected chi connectivity index (χ3v) is 3.52. The van der Waals surface area contributed by atoms with Crippen molar-refractivity contribution < 1.29 is 14.7 Å². The zero-order valence-corrected chi connectivity index (χ0v) is 13.5. The molecule has 2 rings (SSSR count). The van der Waals surface area contributed by atoms with Crippen molar-refractivity contribution in [1.29, 1.82) is 0 Å². The van der Waals surface area contributed by atoms with Crippen LogP contribution in [0.4, 0.5) is 0 Å². The number of carboxylic acids is 1. The Morgan fingerprint density at radius 2 is 1.91 bits per heavy atom. The summed E-state index contributed by atoms with van der Waals surface area (Å²) in [6.45, 7) is 6.04. The highest BCUT2D eigenvalue weighted by Crippen LogP contribution is 2.13. The Bertz CT molecular complexity index is 704. The molecule has 1 atom stereocenters. The summed E-state index contributed by atoms with van der Waals surface area (Å²) < 4.78 is 1.83. The van der Waals surface area contributed by atoms with Crippen LogP contribution in [0.1, 0.15) is 35.1 Å². The Morgan fingerprint density at radius 3 is 2.43 bits per heavy atom. The van der Waals surface area contributed by atoms with Crippen LogP contribution in [0.25, 0.3) is 5.69 Å². The van der Waals surface area contributed by atoms with Gasteiger partial charge >= 0.3 is 5.97 Å². The van der Waals surface area contributed by atoms with Gasteiger partial charge in [-0.05, 0) is 50.1 Å². The van der Waals surface area contributed by atoms with Gasteiger partial charge < -0.3 is 10.4 Å². The minimum atomic E-state index is -0.860. The lowest BCUT2D eigenvalue weighted by Gasteiger charge is -2.11. The zero-order valence-electron chi connectivity index (χ0n) is 13.5. The molecule has 0 aliphatic heterocycles. The summed E-state index contributed by atoms with van der Waals surface area (Å²) in [7, 11) is 0. The molecule has 0 aliphatic rings. The van der Waals surface area contributed by atoms with Gasteiger partial charge in [0.1, 0.15) is 0 Å². The van der Waals surface area contributed by atoms with Crippen LogP contribution in [-0.4, -0.2) is 33.3 Å². The van der Waals surface area contributed by atoms with E-state index < -0.39 is 5.97 Å². The summed E-state index contributed by atoms with van der Waals surface area (Å²) in [5.74, 6) is -1.17. The second-order valence-corrected chi connectivity index (χ2v) is 5.80. The van der Waals surface area contributed by atoms with Gasteiger partial charge in [0, 0.05) is 24.2 Å². The Labute approximate surface area is 135 Å². The number of hydrogen-bond acceptors (Lipinski definition) is 3. The first-order valence-electron chi connectivity index (χ1n) is 7.50. The molecule has 1 aromatic carbocycles. The zero-order chi connectivity index (χ0) is 17.0. The fourth-order valence-corrected chi connectivity index (χ4v) is 2.38. The van der Waals surface area contributed by atoms with E-state index in [2.05, 4.69) is 10.4 Å². The van der Waals surface area contributed by atoms with Gasteiger partial charge in [-0.15, -0.1) is 0 Å². The Balaban J connectivity index is 2.00. The highest BCUT2D eigenvalue weighted by molar-refractivity contribution is 5.94. The fraction of sp³-hybridized carbons (Fsp3) is 0.353. The van der Waals surface area contributed by atoms with E-state index in [1.807, 2.05) is 36.7 Å². The summed E-state index contributed by atoms with van der Waals surface area (Å²) in [5, 5.41) is 15.9. The predicted octanol–water partition coefficient (Wildman–Crippen LogP) is 2.33. The van der Waals surface area contributed by atoms with E-state index in [-0.39, 0.29) is 18.2 Å². The molecule has 1 heterocycles. The number of hydrogen-bond donors (Lipinski definition) is 2. The number of nitrogens with one attached hydrogen (secondary N) is 1. The van der Waals surface area contributed by atoms with E-state index in [0.717, 1.165) is 17.1 Å². The lowest BCUT2D eigenvalue weighted by atomic mass is 10.1. The number of nitrogens with zero attached hydrogens (tertiary/aromatic N) is 2. The maximum absolute atomic E-state index is 12.1. The summed E-state index contributed by atoms with van der Waals surface area (Å²) in [4.78, 5) is 22.7. The monoisotopic (exact) mass is 315 g/mol. The second kappa shape index (κ2) is 7.09. The minimum absolute atomic E-state index is 0.0388. The first kappa shape index (κ1) is 16.7.